The molecule has 0 aliphatic carbocycles. The van der Waals surface area contributed by atoms with Crippen LogP contribution in [0.5, 0.6) is 11.5 Å². The molecule has 2 nitrogen and oxygen atoms in total. The largest absolute Gasteiger partial charge is 0.457 e. The molecule has 162 valence electrons. The van der Waals surface area contributed by atoms with Crippen LogP contribution in [0, 0.1) is 0 Å². The van der Waals surface area contributed by atoms with Gasteiger partial charge in [0, 0.05) is 54.1 Å². The van der Waals surface area contributed by atoms with Crippen molar-refractivity contribution in [2.45, 2.75) is 48.3 Å². The first kappa shape index (κ1) is 19.3. The van der Waals surface area contributed by atoms with Gasteiger partial charge < -0.3 is 9.72 Å². The van der Waals surface area contributed by atoms with Gasteiger partial charge in [-0.3, -0.25) is 0 Å². The van der Waals surface area contributed by atoms with E-state index in [-0.39, 0.29) is 10.8 Å². The van der Waals surface area contributed by atoms with Gasteiger partial charge in [0.05, 0.1) is 5.52 Å². The average Bonchev–Trinajstić information content (AvgIpc) is 3.14. The first-order valence-electron chi connectivity index (χ1n) is 11.5. The summed E-state index contributed by atoms with van der Waals surface area (Å²) in [6.07, 6.45) is 0. The van der Waals surface area contributed by atoms with Crippen LogP contribution in [0.15, 0.2) is 82.6 Å². The van der Waals surface area contributed by atoms with E-state index in [0.29, 0.717) is 0 Å². The number of fused-ring (bicyclic) bond motifs is 7. The molecule has 4 aromatic carbocycles. The van der Waals surface area contributed by atoms with Gasteiger partial charge in [0.25, 0.3) is 0 Å². The van der Waals surface area contributed by atoms with Gasteiger partial charge in [-0.25, -0.2) is 0 Å². The van der Waals surface area contributed by atoms with E-state index >= 15 is 0 Å². The number of benzene rings is 4. The number of hydrogen-bond donors (Lipinski definition) is 1. The Hall–Kier alpha value is -3.17. The molecule has 0 radical (unpaired) electrons. The SMILES string of the molecule is CC1(C)c2ccccc2Oc2cc3[nH]c4cc5c(cc4c3cc21)Sc1ccccc1C5(C)C. The monoisotopic (exact) mass is 447 g/mol. The maximum absolute atomic E-state index is 6.37. The second-order valence-corrected chi connectivity index (χ2v) is 11.4. The van der Waals surface area contributed by atoms with E-state index in [1.54, 1.807) is 0 Å². The molecular weight excluding hydrogens is 422 g/mol. The van der Waals surface area contributed by atoms with Crippen LogP contribution in [0.1, 0.15) is 49.9 Å². The Labute approximate surface area is 198 Å². The maximum atomic E-state index is 6.37. The van der Waals surface area contributed by atoms with Gasteiger partial charge in [-0.2, -0.15) is 0 Å². The first-order chi connectivity index (χ1) is 15.8. The molecule has 2 aliphatic rings. The quantitative estimate of drug-likeness (QED) is 0.257. The molecule has 0 spiro atoms. The number of rotatable bonds is 0. The van der Waals surface area contributed by atoms with Gasteiger partial charge in [-0.15, -0.1) is 0 Å². The molecule has 1 aromatic heterocycles. The fraction of sp³-hybridized carbons (Fsp3) is 0.200. The van der Waals surface area contributed by atoms with Crippen LogP contribution in [0.4, 0.5) is 0 Å². The summed E-state index contributed by atoms with van der Waals surface area (Å²) in [5, 5.41) is 2.55. The van der Waals surface area contributed by atoms with Gasteiger partial charge in [0.2, 0.25) is 0 Å². The van der Waals surface area contributed by atoms with Gasteiger partial charge in [-0.05, 0) is 41.5 Å². The summed E-state index contributed by atoms with van der Waals surface area (Å²) < 4.78 is 6.37. The normalized spacial score (nSPS) is 17.1. The zero-order valence-corrected chi connectivity index (χ0v) is 20.1. The Kier molecular flexibility index (Phi) is 3.65. The average molecular weight is 448 g/mol. The van der Waals surface area contributed by atoms with E-state index in [1.165, 1.54) is 48.3 Å². The molecule has 33 heavy (non-hydrogen) atoms. The zero-order valence-electron chi connectivity index (χ0n) is 19.2. The maximum Gasteiger partial charge on any atom is 0.133 e. The third kappa shape index (κ3) is 2.52. The molecule has 3 heterocycles. The van der Waals surface area contributed by atoms with Crippen molar-refractivity contribution in [1.29, 1.82) is 0 Å². The van der Waals surface area contributed by atoms with E-state index in [9.17, 15) is 0 Å². The molecule has 0 atom stereocenters. The molecule has 3 heteroatoms. The molecule has 2 aliphatic heterocycles. The summed E-state index contributed by atoms with van der Waals surface area (Å²) in [5.41, 5.74) is 7.44. The molecule has 0 saturated carbocycles. The van der Waals surface area contributed by atoms with Crippen LogP contribution in [0.2, 0.25) is 0 Å². The topological polar surface area (TPSA) is 25.0 Å². The van der Waals surface area contributed by atoms with Crippen LogP contribution < -0.4 is 4.74 Å². The van der Waals surface area contributed by atoms with Crippen molar-refractivity contribution in [3.05, 3.63) is 95.1 Å². The number of nitrogens with one attached hydrogen (secondary N) is 1. The molecule has 0 bridgehead atoms. The van der Waals surface area contributed by atoms with Gasteiger partial charge >= 0.3 is 0 Å². The van der Waals surface area contributed by atoms with E-state index in [2.05, 4.69) is 99.4 Å². The lowest BCUT2D eigenvalue weighted by atomic mass is 9.75. The number of H-pyrrole nitrogens is 1. The van der Waals surface area contributed by atoms with E-state index in [1.807, 2.05) is 17.8 Å². The minimum absolute atomic E-state index is 0.0331. The highest BCUT2D eigenvalue weighted by Gasteiger charge is 2.36. The third-order valence-corrected chi connectivity index (χ3v) is 8.84. The molecular formula is C30H25NOS. The van der Waals surface area contributed by atoms with E-state index in [0.717, 1.165) is 17.0 Å². The minimum atomic E-state index is -0.119. The van der Waals surface area contributed by atoms with Crippen molar-refractivity contribution in [1.82, 2.24) is 4.98 Å². The van der Waals surface area contributed by atoms with Crippen molar-refractivity contribution < 1.29 is 4.74 Å². The Morgan fingerprint density at radius 1 is 0.606 bits per heavy atom. The molecule has 0 amide bonds. The lowest BCUT2D eigenvalue weighted by molar-refractivity contribution is 0.419. The number of aromatic amines is 1. The molecule has 0 saturated heterocycles. The summed E-state index contributed by atoms with van der Waals surface area (Å²) in [5.74, 6) is 1.90. The summed E-state index contributed by atoms with van der Waals surface area (Å²) >= 11 is 1.89. The van der Waals surface area contributed by atoms with Gasteiger partial charge in [-0.1, -0.05) is 75.9 Å². The molecule has 0 fully saturated rings. The standard InChI is InChI=1S/C30H25NOS/c1-29(2)19-9-5-7-11-25(19)32-26-16-24-17(13-21(26)29)18-14-28-22(15-23(18)31-24)30(3,4)20-10-6-8-12-27(20)33-28/h5-16,31H,1-4H3. The van der Waals surface area contributed by atoms with Crippen LogP contribution in [-0.2, 0) is 10.8 Å². The summed E-state index contributed by atoms with van der Waals surface area (Å²) in [6.45, 7) is 9.27. The van der Waals surface area contributed by atoms with Crippen LogP contribution in [-0.4, -0.2) is 4.98 Å². The lowest BCUT2D eigenvalue weighted by Gasteiger charge is -2.34. The van der Waals surface area contributed by atoms with Crippen molar-refractivity contribution >= 4 is 33.6 Å². The Balaban J connectivity index is 1.48. The van der Waals surface area contributed by atoms with Crippen LogP contribution >= 0.6 is 11.8 Å². The molecule has 1 N–H and O–H groups in total. The predicted octanol–water partition coefficient (Wildman–Crippen LogP) is 8.54. The second kappa shape index (κ2) is 6.24. The van der Waals surface area contributed by atoms with Crippen LogP contribution in [0.3, 0.4) is 0 Å². The Bertz CT molecular complexity index is 1620. The van der Waals surface area contributed by atoms with Gasteiger partial charge in [0.1, 0.15) is 11.5 Å². The smallest absolute Gasteiger partial charge is 0.133 e. The Morgan fingerprint density at radius 2 is 1.27 bits per heavy atom. The third-order valence-electron chi connectivity index (χ3n) is 7.71. The fourth-order valence-corrected chi connectivity index (χ4v) is 7.19. The molecule has 7 rings (SSSR count). The van der Waals surface area contributed by atoms with Crippen molar-refractivity contribution in [3.63, 3.8) is 0 Å². The highest BCUT2D eigenvalue weighted by molar-refractivity contribution is 7.99. The van der Waals surface area contributed by atoms with Crippen molar-refractivity contribution in [2.24, 2.45) is 0 Å². The highest BCUT2D eigenvalue weighted by atomic mass is 32.2. The predicted molar refractivity (Wildman–Crippen MR) is 137 cm³/mol. The number of aromatic nitrogens is 1. The summed E-state index contributed by atoms with van der Waals surface area (Å²) in [4.78, 5) is 6.41. The number of ether oxygens (including phenoxy) is 1. The Morgan fingerprint density at radius 3 is 2.12 bits per heavy atom. The zero-order chi connectivity index (χ0) is 22.5. The fourth-order valence-electron chi connectivity index (χ4n) is 5.77. The van der Waals surface area contributed by atoms with Crippen LogP contribution in [0.25, 0.3) is 21.8 Å². The second-order valence-electron chi connectivity index (χ2n) is 10.4. The van der Waals surface area contributed by atoms with Gasteiger partial charge in [0.15, 0.2) is 0 Å². The molecule has 5 aromatic rings. The number of para-hydroxylation sites is 1. The highest BCUT2D eigenvalue weighted by Crippen LogP contribution is 2.52. The van der Waals surface area contributed by atoms with E-state index in [4.69, 9.17) is 4.74 Å². The first-order valence-corrected chi connectivity index (χ1v) is 12.3. The number of hydrogen-bond acceptors (Lipinski definition) is 2. The van der Waals surface area contributed by atoms with Crippen molar-refractivity contribution in [3.8, 4) is 11.5 Å². The van der Waals surface area contributed by atoms with E-state index < -0.39 is 0 Å². The summed E-state index contributed by atoms with van der Waals surface area (Å²) in [6, 6.07) is 26.5. The van der Waals surface area contributed by atoms with Crippen molar-refractivity contribution in [2.75, 3.05) is 0 Å². The lowest BCUT2D eigenvalue weighted by Crippen LogP contribution is -2.24. The summed E-state index contributed by atoms with van der Waals surface area (Å²) in [7, 11) is 0. The molecule has 0 unspecified atom stereocenters. The minimum Gasteiger partial charge on any atom is -0.457 e.